The lowest BCUT2D eigenvalue weighted by atomic mass is 9.99. The first-order valence-corrected chi connectivity index (χ1v) is 6.22. The van der Waals surface area contributed by atoms with Gasteiger partial charge < -0.3 is 14.7 Å². The molecule has 1 amide bonds. The number of piperidine rings is 1. The van der Waals surface area contributed by atoms with E-state index in [9.17, 15) is 22.8 Å². The Bertz CT molecular complexity index is 457. The molecule has 0 radical (unpaired) electrons. The number of carboxylic acids is 1. The molecular weight excluding hydrogens is 279 g/mol. The van der Waals surface area contributed by atoms with Gasteiger partial charge in [-0.1, -0.05) is 0 Å². The molecule has 2 fully saturated rings. The van der Waals surface area contributed by atoms with Gasteiger partial charge in [-0.15, -0.1) is 0 Å². The van der Waals surface area contributed by atoms with Gasteiger partial charge in [-0.2, -0.15) is 13.2 Å². The second-order valence-corrected chi connectivity index (χ2v) is 6.19. The summed E-state index contributed by atoms with van der Waals surface area (Å²) in [6.45, 7) is 4.88. The molecule has 0 aromatic carbocycles. The van der Waals surface area contributed by atoms with E-state index in [1.54, 1.807) is 20.8 Å². The third kappa shape index (κ3) is 1.92. The Hall–Kier alpha value is -1.47. The molecule has 1 saturated carbocycles. The van der Waals surface area contributed by atoms with Crippen LogP contribution >= 0.6 is 0 Å². The second-order valence-electron chi connectivity index (χ2n) is 6.19. The monoisotopic (exact) mass is 295 g/mol. The maximum absolute atomic E-state index is 13.1. The molecule has 114 valence electrons. The Labute approximate surface area is 113 Å². The Balaban J connectivity index is 2.22. The summed E-state index contributed by atoms with van der Waals surface area (Å²) in [6.07, 6.45) is -5.75. The summed E-state index contributed by atoms with van der Waals surface area (Å²) in [5.74, 6) is -3.00. The van der Waals surface area contributed by atoms with E-state index < -0.39 is 41.2 Å². The van der Waals surface area contributed by atoms with Crippen LogP contribution in [0.4, 0.5) is 18.0 Å². The third-order valence-corrected chi connectivity index (χ3v) is 3.79. The minimum Gasteiger partial charge on any atom is -0.481 e. The minimum absolute atomic E-state index is 0.0235. The fourth-order valence-electron chi connectivity index (χ4n) is 3.01. The normalized spacial score (nSPS) is 32.8. The SMILES string of the molecule is CC(C)(C)OC(=O)N1CC[C@@H]2[C@@H]1[C@@]2(C(=O)O)C(F)(F)F. The minimum atomic E-state index is -4.88. The number of likely N-dealkylation sites (tertiary alicyclic amines) is 1. The van der Waals surface area contributed by atoms with Crippen LogP contribution in [0, 0.1) is 11.3 Å². The average molecular weight is 295 g/mol. The van der Waals surface area contributed by atoms with E-state index in [1.165, 1.54) is 0 Å². The van der Waals surface area contributed by atoms with Gasteiger partial charge in [-0.05, 0) is 27.2 Å². The first kappa shape index (κ1) is 14.9. The van der Waals surface area contributed by atoms with Crippen LogP contribution < -0.4 is 0 Å². The molecule has 5 nitrogen and oxygen atoms in total. The van der Waals surface area contributed by atoms with E-state index in [0.29, 0.717) is 0 Å². The fraction of sp³-hybridized carbons (Fsp3) is 0.833. The molecular formula is C12H16F3NO4. The van der Waals surface area contributed by atoms with E-state index in [0.717, 1.165) is 4.90 Å². The van der Waals surface area contributed by atoms with Crippen molar-refractivity contribution < 1.29 is 32.6 Å². The zero-order chi connectivity index (χ0) is 15.5. The molecule has 20 heavy (non-hydrogen) atoms. The number of alkyl halides is 3. The highest BCUT2D eigenvalue weighted by molar-refractivity contribution is 5.84. The molecule has 8 heteroatoms. The van der Waals surface area contributed by atoms with Crippen molar-refractivity contribution in [3.8, 4) is 0 Å². The summed E-state index contributed by atoms with van der Waals surface area (Å²) >= 11 is 0. The van der Waals surface area contributed by atoms with Crippen molar-refractivity contribution in [2.45, 2.75) is 45.0 Å². The molecule has 1 aliphatic heterocycles. The molecule has 0 unspecified atom stereocenters. The highest BCUT2D eigenvalue weighted by atomic mass is 19.4. The van der Waals surface area contributed by atoms with Crippen LogP contribution in [0.5, 0.6) is 0 Å². The molecule has 2 rings (SSSR count). The summed E-state index contributed by atoms with van der Waals surface area (Å²) in [6, 6.07) is -1.35. The van der Waals surface area contributed by atoms with Crippen LogP contribution in [0.2, 0.25) is 0 Å². The predicted molar refractivity (Wildman–Crippen MR) is 61.0 cm³/mol. The van der Waals surface area contributed by atoms with Gasteiger partial charge in [0.15, 0.2) is 5.41 Å². The van der Waals surface area contributed by atoms with Gasteiger partial charge in [-0.25, -0.2) is 4.79 Å². The fourth-order valence-corrected chi connectivity index (χ4v) is 3.01. The number of carbonyl (C=O) groups is 2. The average Bonchev–Trinajstić information content (AvgIpc) is 2.69. The molecule has 3 atom stereocenters. The van der Waals surface area contributed by atoms with Gasteiger partial charge in [0.2, 0.25) is 0 Å². The maximum Gasteiger partial charge on any atom is 0.410 e. The van der Waals surface area contributed by atoms with Crippen LogP contribution in [0.1, 0.15) is 27.2 Å². The Kier molecular flexibility index (Phi) is 3.00. The van der Waals surface area contributed by atoms with Gasteiger partial charge in [0, 0.05) is 12.5 Å². The van der Waals surface area contributed by atoms with Gasteiger partial charge in [-0.3, -0.25) is 4.79 Å². The summed E-state index contributed by atoms with van der Waals surface area (Å²) < 4.78 is 44.3. The Morgan fingerprint density at radius 2 is 1.85 bits per heavy atom. The number of amides is 1. The highest BCUT2D eigenvalue weighted by Gasteiger charge is 2.86. The van der Waals surface area contributed by atoms with Crippen LogP contribution in [0.15, 0.2) is 0 Å². The molecule has 1 N–H and O–H groups in total. The number of rotatable bonds is 1. The molecule has 1 heterocycles. The number of fused-ring (bicyclic) bond motifs is 1. The second kappa shape index (κ2) is 4.02. The van der Waals surface area contributed by atoms with E-state index >= 15 is 0 Å². The number of carboxylic acid groups (broad SMARTS) is 1. The zero-order valence-corrected chi connectivity index (χ0v) is 11.3. The number of halogens is 3. The molecule has 1 aliphatic carbocycles. The van der Waals surface area contributed by atoms with Crippen molar-refractivity contribution in [3.05, 3.63) is 0 Å². The van der Waals surface area contributed by atoms with Crippen LogP contribution in [-0.2, 0) is 9.53 Å². The molecule has 0 bridgehead atoms. The molecule has 1 saturated heterocycles. The molecule has 0 aromatic heterocycles. The number of carbonyl (C=O) groups excluding carboxylic acids is 1. The maximum atomic E-state index is 13.1. The van der Waals surface area contributed by atoms with E-state index in [4.69, 9.17) is 9.84 Å². The zero-order valence-electron chi connectivity index (χ0n) is 11.3. The predicted octanol–water partition coefficient (Wildman–Crippen LogP) is 2.26. The van der Waals surface area contributed by atoms with Crippen molar-refractivity contribution in [2.75, 3.05) is 6.54 Å². The van der Waals surface area contributed by atoms with E-state index in [2.05, 4.69) is 0 Å². The molecule has 0 spiro atoms. The lowest BCUT2D eigenvalue weighted by molar-refractivity contribution is -0.211. The van der Waals surface area contributed by atoms with Gasteiger partial charge in [0.05, 0.1) is 6.04 Å². The van der Waals surface area contributed by atoms with E-state index in [1.807, 2.05) is 0 Å². The topological polar surface area (TPSA) is 66.8 Å². The number of hydrogen-bond donors (Lipinski definition) is 1. The van der Waals surface area contributed by atoms with Crippen LogP contribution in [0.25, 0.3) is 0 Å². The third-order valence-electron chi connectivity index (χ3n) is 3.79. The molecule has 2 aliphatic rings. The van der Waals surface area contributed by atoms with Gasteiger partial charge in [0.1, 0.15) is 5.60 Å². The number of hydrogen-bond acceptors (Lipinski definition) is 3. The Morgan fingerprint density at radius 1 is 1.30 bits per heavy atom. The van der Waals surface area contributed by atoms with E-state index in [-0.39, 0.29) is 13.0 Å². The lowest BCUT2D eigenvalue weighted by Gasteiger charge is -2.28. The quantitative estimate of drug-likeness (QED) is 0.805. The summed E-state index contributed by atoms with van der Waals surface area (Å²) in [5.41, 5.74) is -3.67. The number of ether oxygens (including phenoxy) is 1. The highest BCUT2D eigenvalue weighted by Crippen LogP contribution is 2.68. The summed E-state index contributed by atoms with van der Waals surface area (Å²) in [5, 5.41) is 8.98. The van der Waals surface area contributed by atoms with Crippen molar-refractivity contribution >= 4 is 12.1 Å². The summed E-state index contributed by atoms with van der Waals surface area (Å²) in [7, 11) is 0. The largest absolute Gasteiger partial charge is 0.481 e. The van der Waals surface area contributed by atoms with Gasteiger partial charge in [0.25, 0.3) is 0 Å². The molecule has 0 aromatic rings. The van der Waals surface area contributed by atoms with Crippen molar-refractivity contribution in [3.63, 3.8) is 0 Å². The lowest BCUT2D eigenvalue weighted by Crippen LogP contribution is -2.46. The smallest absolute Gasteiger partial charge is 0.410 e. The van der Waals surface area contributed by atoms with Crippen molar-refractivity contribution in [1.29, 1.82) is 0 Å². The Morgan fingerprint density at radius 3 is 2.20 bits per heavy atom. The first-order chi connectivity index (χ1) is 8.93. The number of nitrogens with zero attached hydrogens (tertiary/aromatic N) is 1. The standard InChI is InChI=1S/C12H16F3NO4/c1-10(2,3)20-9(19)16-5-4-6-7(16)11(6,8(17)18)12(13,14)15/h6-7H,4-5H2,1-3H3,(H,17,18)/t6-,7-,11+/m1/s1. The first-order valence-electron chi connectivity index (χ1n) is 6.22. The van der Waals surface area contributed by atoms with Crippen molar-refractivity contribution in [2.24, 2.45) is 11.3 Å². The number of aliphatic carboxylic acids is 1. The summed E-state index contributed by atoms with van der Waals surface area (Å²) in [4.78, 5) is 23.9. The van der Waals surface area contributed by atoms with Crippen LogP contribution in [-0.4, -0.2) is 46.4 Å². The van der Waals surface area contributed by atoms with Crippen molar-refractivity contribution in [1.82, 2.24) is 4.90 Å². The van der Waals surface area contributed by atoms with Gasteiger partial charge >= 0.3 is 18.2 Å². The van der Waals surface area contributed by atoms with Crippen LogP contribution in [0.3, 0.4) is 0 Å².